The van der Waals surface area contributed by atoms with Gasteiger partial charge in [0.05, 0.1) is 24.2 Å². The van der Waals surface area contributed by atoms with Crippen LogP contribution in [0.1, 0.15) is 106 Å². The Labute approximate surface area is 464 Å². The van der Waals surface area contributed by atoms with Crippen molar-refractivity contribution in [3.63, 3.8) is 0 Å². The van der Waals surface area contributed by atoms with Crippen molar-refractivity contribution in [3.05, 3.63) is 93.5 Å². The Morgan fingerprint density at radius 1 is 0.688 bits per heavy atom. The van der Waals surface area contributed by atoms with Gasteiger partial charge >= 0.3 is 17.9 Å². The lowest BCUT2D eigenvalue weighted by atomic mass is 9.98. The van der Waals surface area contributed by atoms with E-state index >= 15 is 0 Å². The minimum Gasteiger partial charge on any atom is -0.455 e. The molecule has 3 aromatic carbocycles. The number of likely N-dealkylation sites (N-methyl/N-ethyl adjacent to an activating group) is 1. The van der Waals surface area contributed by atoms with Crippen molar-refractivity contribution in [1.82, 2.24) is 10.2 Å². The van der Waals surface area contributed by atoms with Gasteiger partial charge < -0.3 is 52.0 Å². The summed E-state index contributed by atoms with van der Waals surface area (Å²) < 4.78 is 54.5. The zero-order valence-electron chi connectivity index (χ0n) is 50.2. The van der Waals surface area contributed by atoms with E-state index in [0.29, 0.717) is 5.56 Å². The van der Waals surface area contributed by atoms with E-state index in [1.165, 1.54) is 19.2 Å². The number of benzene rings is 3. The lowest BCUT2D eigenvalue weighted by Gasteiger charge is -2.54. The van der Waals surface area contributed by atoms with Gasteiger partial charge in [0.15, 0.2) is 39.0 Å². The Morgan fingerprint density at radius 3 is 1.66 bits per heavy atom. The molecule has 0 bridgehead atoms. The van der Waals surface area contributed by atoms with Crippen LogP contribution in [0.15, 0.2) is 66.7 Å². The maximum Gasteiger partial charge on any atom is 0.409 e. The van der Waals surface area contributed by atoms with Crippen LogP contribution >= 0.6 is 0 Å². The number of fused-ring (bicyclic) bond motifs is 3. The fourth-order valence-electron chi connectivity index (χ4n) is 8.15. The quantitative estimate of drug-likeness (QED) is 0.0619. The van der Waals surface area contributed by atoms with E-state index < -0.39 is 87.2 Å². The van der Waals surface area contributed by atoms with Crippen molar-refractivity contribution in [1.29, 1.82) is 0 Å². The summed E-state index contributed by atoms with van der Waals surface area (Å²) >= 11 is 0. The molecule has 20 heteroatoms. The molecule has 77 heavy (non-hydrogen) atoms. The molecule has 3 unspecified atom stereocenters. The number of hydrogen-bond donors (Lipinski definition) is 2. The predicted octanol–water partition coefficient (Wildman–Crippen LogP) is 13.4. The molecule has 1 aliphatic heterocycles. The summed E-state index contributed by atoms with van der Waals surface area (Å²) in [4.78, 5) is 39.7. The number of carbonyl (C=O) groups is 2. The van der Waals surface area contributed by atoms with E-state index in [1.54, 1.807) is 6.07 Å². The Hall–Kier alpha value is -3.97. The summed E-state index contributed by atoms with van der Waals surface area (Å²) in [7, 11) is -8.78. The molecule has 1 fully saturated rings. The molecule has 2 amide bonds. The minimum absolute atomic E-state index is 0.0676. The van der Waals surface area contributed by atoms with Gasteiger partial charge in [0.25, 0.3) is 0 Å². The van der Waals surface area contributed by atoms with Crippen LogP contribution in [-0.2, 0) is 38.5 Å². The molecule has 16 nitrogen and oxygen atoms in total. The van der Waals surface area contributed by atoms with Gasteiger partial charge in [-0.1, -0.05) is 138 Å². The third-order valence-electron chi connectivity index (χ3n) is 17.2. The largest absolute Gasteiger partial charge is 0.455 e. The first-order valence-corrected chi connectivity index (χ1v) is 38.7. The Morgan fingerprint density at radius 2 is 1.17 bits per heavy atom. The number of alkyl carbamates (subject to hydrolysis) is 1. The topological polar surface area (TPSA) is 187 Å². The first kappa shape index (κ1) is 63.9. The highest BCUT2D eigenvalue weighted by atomic mass is 28.4. The summed E-state index contributed by atoms with van der Waals surface area (Å²) in [6, 6.07) is 20.5. The number of nitrogens with zero attached hydrogens (tertiary/aromatic N) is 2. The molecule has 0 spiro atoms. The Balaban J connectivity index is 1.36. The van der Waals surface area contributed by atoms with E-state index in [-0.39, 0.29) is 70.4 Å². The predicted molar refractivity (Wildman–Crippen MR) is 314 cm³/mol. The molecule has 6 atom stereocenters. The summed E-state index contributed by atoms with van der Waals surface area (Å²) in [6.07, 6.45) is -6.81. The van der Waals surface area contributed by atoms with Crippen LogP contribution in [-0.4, -0.2) is 131 Å². The number of aliphatic hydroxyl groups is 1. The van der Waals surface area contributed by atoms with Crippen molar-refractivity contribution in [2.24, 2.45) is 0 Å². The second-order valence-corrected chi connectivity index (χ2v) is 46.2. The number of nitro benzene ring substituents is 1. The highest BCUT2D eigenvalue weighted by molar-refractivity contribution is 6.75. The van der Waals surface area contributed by atoms with Gasteiger partial charge in [0.1, 0.15) is 37.6 Å². The van der Waals surface area contributed by atoms with E-state index in [2.05, 4.69) is 153 Å². The molecule has 0 radical (unpaired) electrons. The lowest BCUT2D eigenvalue weighted by molar-refractivity contribution is -0.387. The number of ether oxygens (including phenoxy) is 4. The molecule has 2 aliphatic rings. The van der Waals surface area contributed by atoms with Crippen molar-refractivity contribution >= 4 is 51.1 Å². The van der Waals surface area contributed by atoms with E-state index in [0.717, 1.165) is 27.2 Å². The highest BCUT2D eigenvalue weighted by Gasteiger charge is 2.58. The van der Waals surface area contributed by atoms with Gasteiger partial charge in [0, 0.05) is 25.6 Å². The fraction of sp³-hybridized carbons (Fsp3) is 0.649. The average molecular weight is 1140 g/mol. The highest BCUT2D eigenvalue weighted by Crippen LogP contribution is 2.48. The summed E-state index contributed by atoms with van der Waals surface area (Å²) in [6.45, 7) is 43.4. The van der Waals surface area contributed by atoms with Crippen LogP contribution in [0.2, 0.25) is 72.5 Å². The van der Waals surface area contributed by atoms with Crippen LogP contribution < -0.4 is 10.1 Å². The molecule has 5 rings (SSSR count). The van der Waals surface area contributed by atoms with Gasteiger partial charge in [-0.15, -0.1) is 0 Å². The Bertz CT molecular complexity index is 2490. The van der Waals surface area contributed by atoms with E-state index in [1.807, 2.05) is 36.4 Å². The molecular formula is C57H93N3O13Si4. The van der Waals surface area contributed by atoms with Gasteiger partial charge in [-0.05, 0) is 106 Å². The van der Waals surface area contributed by atoms with Gasteiger partial charge in [-0.25, -0.2) is 9.59 Å². The zero-order valence-corrected chi connectivity index (χ0v) is 54.2. The molecule has 0 saturated carbocycles. The normalized spacial score (nSPS) is 20.2. The molecular weight excluding hydrogens is 1050 g/mol. The van der Waals surface area contributed by atoms with E-state index in [4.69, 9.17) is 36.7 Å². The zero-order chi connectivity index (χ0) is 58.1. The molecule has 2 N–H and O–H groups in total. The van der Waals surface area contributed by atoms with E-state index in [9.17, 15) is 24.8 Å². The average Bonchev–Trinajstić information content (AvgIpc) is 3.62. The molecule has 430 valence electrons. The summed E-state index contributed by atoms with van der Waals surface area (Å²) in [5.41, 5.74) is 4.33. The molecule has 1 saturated heterocycles. The minimum atomic E-state index is -2.68. The third-order valence-corrected chi connectivity index (χ3v) is 35.1. The summed E-state index contributed by atoms with van der Waals surface area (Å²) in [5, 5.41) is 25.6. The fourth-order valence-corrected chi connectivity index (χ4v) is 13.1. The van der Waals surface area contributed by atoms with Crippen molar-refractivity contribution in [3.8, 4) is 16.9 Å². The number of hydrogen-bond acceptors (Lipinski definition) is 13. The second-order valence-electron chi connectivity index (χ2n) is 27.1. The lowest BCUT2D eigenvalue weighted by Crippen LogP contribution is -2.69. The number of rotatable bonds is 20. The smallest absolute Gasteiger partial charge is 0.409 e. The monoisotopic (exact) mass is 1140 g/mol. The maximum atomic E-state index is 13.2. The van der Waals surface area contributed by atoms with Crippen LogP contribution in [0.3, 0.4) is 0 Å². The number of nitro groups is 1. The maximum absolute atomic E-state index is 13.2. The van der Waals surface area contributed by atoms with Crippen molar-refractivity contribution < 1.29 is 56.3 Å². The Kier molecular flexibility index (Phi) is 19.9. The first-order valence-electron chi connectivity index (χ1n) is 27.1. The second kappa shape index (κ2) is 24.0. The first-order chi connectivity index (χ1) is 35.2. The number of nitrogens with one attached hydrogen (secondary N) is 1. The molecule has 3 aromatic rings. The molecule has 1 aliphatic carbocycles. The van der Waals surface area contributed by atoms with Crippen LogP contribution in [0.25, 0.3) is 11.1 Å². The van der Waals surface area contributed by atoms with Crippen LogP contribution in [0.4, 0.5) is 15.3 Å². The van der Waals surface area contributed by atoms with Crippen molar-refractivity contribution in [2.45, 2.75) is 205 Å². The van der Waals surface area contributed by atoms with Gasteiger partial charge in [-0.2, -0.15) is 0 Å². The number of carbonyl (C=O) groups excluding carboxylic acids is 2. The van der Waals surface area contributed by atoms with Gasteiger partial charge in [-0.3, -0.25) is 10.1 Å². The molecule has 1 heterocycles. The summed E-state index contributed by atoms with van der Waals surface area (Å²) in [5.74, 6) is -0.191. The SMILES string of the molecule is CN(CC(O)CNC(=O)OCC1c2ccccc2-c2ccccc21)C(=O)OCc1ccc(O[C@@H]2OC(CO[Si](C)(C)C(C)(C)C)[C@H](O[Si](C)(C)C(C)(C)C)C(O[Si](C)(C)C(C)(C)C)[C@H]2O[Si](C)(C)C(C)(C)C)c([N+](=O)[O-])c1. The number of amides is 2. The standard InChI is InChI=1S/C57H93N3O13Si4/c1-54(2,3)74(14,15)68-37-47-48(71-75(16,17)55(4,5)6)49(72-76(18,19)56(7,8)9)50(73-77(20,21)57(10,11)12)51(70-47)69-46-31-30-38(32-45(46)60(64)65)35-67-53(63)59(13)34-39(61)33-58-52(62)66-36-44-42-28-24-22-26-40(42)41-27-23-25-29-43(41)44/h22-32,39,44,47-51,61H,33-37H2,1-21H3,(H,58,62)/t39?,47?,48-,49?,50+,51+/m0/s1. The van der Waals surface area contributed by atoms with Crippen molar-refractivity contribution in [2.75, 3.05) is 33.4 Å². The van der Waals surface area contributed by atoms with Crippen LogP contribution in [0, 0.1) is 10.1 Å². The van der Waals surface area contributed by atoms with Crippen LogP contribution in [0.5, 0.6) is 5.75 Å². The van der Waals surface area contributed by atoms with Gasteiger partial charge in [0.2, 0.25) is 6.29 Å². The number of aliphatic hydroxyl groups excluding tert-OH is 1. The third kappa shape index (κ3) is 15.5. The molecule has 0 aromatic heterocycles.